The van der Waals surface area contributed by atoms with E-state index in [-0.39, 0.29) is 56.4 Å². The second-order valence-electron chi connectivity index (χ2n) is 6.69. The molecule has 0 aromatic heterocycles. The number of hydrogen-bond donors (Lipinski definition) is 1. The van der Waals surface area contributed by atoms with Gasteiger partial charge in [-0.25, -0.2) is 0 Å². The van der Waals surface area contributed by atoms with Crippen molar-refractivity contribution in [2.24, 2.45) is 0 Å². The molecule has 0 bridgehead atoms. The minimum atomic E-state index is -2.38. The molecule has 1 aromatic carbocycles. The van der Waals surface area contributed by atoms with E-state index in [4.69, 9.17) is 11.6 Å². The molecule has 7 heteroatoms. The van der Waals surface area contributed by atoms with Crippen LogP contribution in [0.2, 0.25) is 1.41 Å². The van der Waals surface area contributed by atoms with Gasteiger partial charge in [-0.3, -0.25) is 0 Å². The van der Waals surface area contributed by atoms with Crippen LogP contribution in [0.4, 0.5) is 5.69 Å². The third kappa shape index (κ3) is 5.80. The quantitative estimate of drug-likeness (QED) is 0.788. The summed E-state index contributed by atoms with van der Waals surface area (Å²) in [6, 6.07) is 8.04. The van der Waals surface area contributed by atoms with Crippen LogP contribution in [0.25, 0.3) is 0 Å². The van der Waals surface area contributed by atoms with Crippen LogP contribution in [-0.2, 0) is 0 Å². The lowest BCUT2D eigenvalue weighted by atomic mass is 9.90. The van der Waals surface area contributed by atoms with Crippen molar-refractivity contribution in [3.05, 3.63) is 24.3 Å². The van der Waals surface area contributed by atoms with E-state index >= 15 is 0 Å². The zero-order chi connectivity index (χ0) is 19.9. The number of piperidine rings is 1. The van der Waals surface area contributed by atoms with E-state index in [1.165, 1.54) is 24.2 Å². The first-order valence-corrected chi connectivity index (χ1v) is 8.84. The lowest BCUT2D eigenvalue weighted by molar-refractivity contribution is 0.0493. The molecule has 0 amide bonds. The van der Waals surface area contributed by atoms with E-state index in [2.05, 4.69) is 4.90 Å². The normalized spacial score (nSPS) is 29.1. The Balaban J connectivity index is 0.00000160. The van der Waals surface area contributed by atoms with Gasteiger partial charge >= 0.3 is 0 Å². The molecule has 3 aliphatic rings. The van der Waals surface area contributed by atoms with Gasteiger partial charge in [0.1, 0.15) is 13.3 Å². The highest BCUT2D eigenvalue weighted by atomic mass is 35.5. The van der Waals surface area contributed by atoms with Crippen LogP contribution < -0.4 is 14.9 Å². The Morgan fingerprint density at radius 3 is 2.31 bits per heavy atom. The van der Waals surface area contributed by atoms with Crippen LogP contribution in [-0.4, -0.2) is 56.2 Å². The summed E-state index contributed by atoms with van der Waals surface area (Å²) in [4.78, 5) is 3.99. The van der Waals surface area contributed by atoms with Gasteiger partial charge in [-0.05, 0) is 49.9 Å². The number of ether oxygens (including phenoxy) is 1. The van der Waals surface area contributed by atoms with Gasteiger partial charge < -0.3 is 19.8 Å². The molecule has 2 heterocycles. The Morgan fingerprint density at radius 1 is 1.00 bits per heavy atom. The van der Waals surface area contributed by atoms with Crippen molar-refractivity contribution >= 4 is 42.9 Å². The molecule has 3 fully saturated rings. The van der Waals surface area contributed by atoms with E-state index in [1.54, 1.807) is 12.1 Å². The van der Waals surface area contributed by atoms with E-state index in [0.29, 0.717) is 11.0 Å². The molecule has 26 heavy (non-hydrogen) atoms. The second-order valence-corrected chi connectivity index (χ2v) is 6.69. The summed E-state index contributed by atoms with van der Waals surface area (Å²) >= 11 is 0. The average Bonchev–Trinajstić information content (AvgIpc) is 2.62. The van der Waals surface area contributed by atoms with Gasteiger partial charge in [0.25, 0.3) is 0 Å². The summed E-state index contributed by atoms with van der Waals surface area (Å²) in [6.07, 6.45) is 6.33. The Labute approximate surface area is 183 Å². The molecule has 0 spiro atoms. The van der Waals surface area contributed by atoms with E-state index in [1.807, 2.05) is 12.1 Å². The molecular formula is C19H32Cl3N3O. The smallest absolute Gasteiger partial charge is 0.122 e. The monoisotopic (exact) mass is 428 g/mol. The van der Waals surface area contributed by atoms with Gasteiger partial charge in [-0.1, -0.05) is 6.42 Å². The minimum Gasteiger partial charge on any atom is -0.490 e. The van der Waals surface area contributed by atoms with Crippen molar-refractivity contribution < 1.29 is 11.6 Å². The maximum absolute atomic E-state index is 8.21. The number of anilines is 1. The predicted molar refractivity (Wildman–Crippen MR) is 116 cm³/mol. The summed E-state index contributed by atoms with van der Waals surface area (Å²) in [5.74, 6) is 0.772. The maximum Gasteiger partial charge on any atom is 0.122 e. The van der Waals surface area contributed by atoms with Crippen LogP contribution >= 0.6 is 37.2 Å². The first kappa shape index (κ1) is 16.6. The third-order valence-corrected chi connectivity index (χ3v) is 5.22. The summed E-state index contributed by atoms with van der Waals surface area (Å²) in [5.41, 5.74) is 0.606. The fourth-order valence-electron chi connectivity index (χ4n) is 3.56. The van der Waals surface area contributed by atoms with Crippen LogP contribution in [0.1, 0.15) is 37.6 Å². The van der Waals surface area contributed by atoms with Gasteiger partial charge in [0.05, 0.1) is 2.74 Å². The molecule has 0 radical (unpaired) electrons. The summed E-state index contributed by atoms with van der Waals surface area (Å²) in [5, 5.41) is 0.691. The molecule has 1 saturated carbocycles. The fraction of sp³-hybridized carbons (Fsp3) is 0.684. The number of hydrogen-bond acceptors (Lipinski definition) is 4. The number of rotatable bonds is 4. The Hall–Kier alpha value is -0.390. The Morgan fingerprint density at radius 2 is 1.69 bits per heavy atom. The van der Waals surface area contributed by atoms with Crippen molar-refractivity contribution in [2.75, 3.05) is 44.1 Å². The van der Waals surface area contributed by atoms with Gasteiger partial charge in [0.2, 0.25) is 0 Å². The van der Waals surface area contributed by atoms with Crippen molar-refractivity contribution in [3.8, 4) is 5.75 Å². The topological polar surface area (TPSA) is 27.7 Å². The van der Waals surface area contributed by atoms with Crippen molar-refractivity contribution in [1.29, 1.82) is 0 Å². The summed E-state index contributed by atoms with van der Waals surface area (Å²) in [6.45, 7) is -2.07. The largest absolute Gasteiger partial charge is 0.490 e. The standard InChI is InChI=1S/C19H29N3O.3ClH/c1-2-16(3-1)21-12-8-19(9-13-21)23-18-6-4-17(5-7-18)22-14-10-20-11-15-22;;;/h4-7,16,19-20H,1-3,8-15H2;3*1H/i10D2,14D2;;;/hD. The molecule has 0 atom stereocenters. The first-order chi connectivity index (χ1) is 13.3. The second kappa shape index (κ2) is 11.5. The molecule has 4 nitrogen and oxygen atoms in total. The highest BCUT2D eigenvalue weighted by molar-refractivity contribution is 5.86. The van der Waals surface area contributed by atoms with Crippen LogP contribution in [0.3, 0.4) is 0 Å². The van der Waals surface area contributed by atoms with Gasteiger partial charge in [0, 0.05) is 53.6 Å². The van der Waals surface area contributed by atoms with Crippen molar-refractivity contribution in [2.45, 2.75) is 44.2 Å². The van der Waals surface area contributed by atoms with E-state index in [0.717, 1.165) is 37.7 Å². The highest BCUT2D eigenvalue weighted by Crippen LogP contribution is 2.29. The summed E-state index contributed by atoms with van der Waals surface area (Å²) in [7, 11) is 0. The average molecular weight is 430 g/mol. The van der Waals surface area contributed by atoms with Crippen molar-refractivity contribution in [1.82, 2.24) is 10.2 Å². The Kier molecular flexibility index (Phi) is 7.29. The van der Waals surface area contributed by atoms with Gasteiger partial charge in [0.15, 0.2) is 0 Å². The molecule has 1 N–H and O–H groups in total. The Bertz CT molecular complexity index is 689. The molecule has 1 aliphatic carbocycles. The SMILES string of the molecule is Cl.Cl.Cl.[2H]N1CCN(c2ccc(OC3CCN(C4CCC4)CC3)cc2)C([2H])([2H])C1([2H])[2H]. The molecule has 150 valence electrons. The number of benzene rings is 1. The molecule has 0 unspecified atom stereocenters. The van der Waals surface area contributed by atoms with Crippen molar-refractivity contribution in [3.63, 3.8) is 0 Å². The summed E-state index contributed by atoms with van der Waals surface area (Å²) < 4.78 is 46.1. The predicted octanol–water partition coefficient (Wildman–Crippen LogP) is 3.76. The molecule has 1 aromatic rings. The molecule has 2 saturated heterocycles. The van der Waals surface area contributed by atoms with E-state index in [9.17, 15) is 0 Å². The number of nitrogens with one attached hydrogen (secondary N) is 1. The molecular weight excluding hydrogens is 393 g/mol. The first-order valence-electron chi connectivity index (χ1n) is 11.3. The molecule has 4 rings (SSSR count). The van der Waals surface area contributed by atoms with E-state index < -0.39 is 13.0 Å². The fourth-order valence-corrected chi connectivity index (χ4v) is 3.56. The van der Waals surface area contributed by atoms with Crippen LogP contribution in [0, 0.1) is 0 Å². The molecule has 2 aliphatic heterocycles. The lowest BCUT2D eigenvalue weighted by Crippen LogP contribution is -2.46. The maximum atomic E-state index is 8.21. The lowest BCUT2D eigenvalue weighted by Gasteiger charge is -2.41. The van der Waals surface area contributed by atoms with Gasteiger partial charge in [-0.15, -0.1) is 37.2 Å². The minimum absolute atomic E-state index is 0. The van der Waals surface area contributed by atoms with Crippen LogP contribution in [0.5, 0.6) is 5.75 Å². The number of likely N-dealkylation sites (tertiary alicyclic amines) is 1. The number of nitrogens with zero attached hydrogens (tertiary/aromatic N) is 2. The number of piperazine rings is 1. The van der Waals surface area contributed by atoms with Crippen LogP contribution in [0.15, 0.2) is 24.3 Å². The van der Waals surface area contributed by atoms with Gasteiger partial charge in [-0.2, -0.15) is 0 Å². The zero-order valence-corrected chi connectivity index (χ0v) is 17.3. The third-order valence-electron chi connectivity index (χ3n) is 5.22. The number of halogens is 3. The highest BCUT2D eigenvalue weighted by Gasteiger charge is 2.29. The zero-order valence-electron chi connectivity index (χ0n) is 19.8.